The van der Waals surface area contributed by atoms with Crippen LogP contribution in [0.1, 0.15) is 0 Å². The van der Waals surface area contributed by atoms with Gasteiger partial charge in [0.1, 0.15) is 16.5 Å². The van der Waals surface area contributed by atoms with Gasteiger partial charge in [0.2, 0.25) is 0 Å². The van der Waals surface area contributed by atoms with E-state index in [4.69, 9.17) is 0 Å². The first-order valence-electron chi connectivity index (χ1n) is 7.57. The number of halogens is 4. The van der Waals surface area contributed by atoms with Gasteiger partial charge in [-0.1, -0.05) is 0 Å². The average molecular weight is 540 g/mol. The molecular weight excluding hydrogens is 528 g/mol. The van der Waals surface area contributed by atoms with Gasteiger partial charge in [0.15, 0.2) is 11.6 Å². The van der Waals surface area contributed by atoms with Crippen molar-refractivity contribution in [2.75, 3.05) is 17.1 Å². The van der Waals surface area contributed by atoms with Crippen LogP contribution < -0.4 is 14.8 Å². The summed E-state index contributed by atoms with van der Waals surface area (Å²) in [7, 11) is -2.94. The Hall–Kier alpha value is -1.90. The van der Waals surface area contributed by atoms with Crippen molar-refractivity contribution in [3.8, 4) is 10.6 Å². The summed E-state index contributed by atoms with van der Waals surface area (Å²) >= 11 is 3.00. The summed E-state index contributed by atoms with van der Waals surface area (Å²) in [5.41, 5.74) is -1.02. The van der Waals surface area contributed by atoms with E-state index in [0.717, 1.165) is 24.5 Å². The first-order chi connectivity index (χ1) is 13.2. The monoisotopic (exact) mass is 540 g/mol. The Morgan fingerprint density at radius 3 is 2.46 bits per heavy atom. The van der Waals surface area contributed by atoms with Crippen LogP contribution in [0.25, 0.3) is 10.6 Å². The van der Waals surface area contributed by atoms with Crippen LogP contribution in [-0.4, -0.2) is 20.4 Å². The van der Waals surface area contributed by atoms with Crippen molar-refractivity contribution >= 4 is 61.2 Å². The summed E-state index contributed by atoms with van der Waals surface area (Å²) in [6, 6.07) is 4.92. The molecule has 0 saturated carbocycles. The maximum absolute atomic E-state index is 14.6. The number of rotatable bonds is 6. The highest BCUT2D eigenvalue weighted by Gasteiger charge is 2.24. The van der Waals surface area contributed by atoms with Gasteiger partial charge in [0, 0.05) is 27.8 Å². The van der Waals surface area contributed by atoms with E-state index < -0.39 is 33.3 Å². The molecule has 0 atom stereocenters. The van der Waals surface area contributed by atoms with Crippen LogP contribution in [0.15, 0.2) is 35.8 Å². The van der Waals surface area contributed by atoms with Crippen LogP contribution in [0, 0.1) is 21.0 Å². The van der Waals surface area contributed by atoms with Gasteiger partial charge >= 0.3 is 0 Å². The van der Waals surface area contributed by atoms with Crippen LogP contribution in [0.5, 0.6) is 0 Å². The van der Waals surface area contributed by atoms with E-state index in [1.807, 2.05) is 27.3 Å². The Balaban J connectivity index is 2.24. The normalized spacial score (nSPS) is 11.5. The third-order valence-corrected chi connectivity index (χ3v) is 6.07. The molecule has 3 rings (SSSR count). The van der Waals surface area contributed by atoms with Gasteiger partial charge in [0.05, 0.1) is 11.4 Å². The molecule has 2 aromatic carbocycles. The van der Waals surface area contributed by atoms with Crippen LogP contribution in [0.2, 0.25) is 0 Å². The fraction of sp³-hybridized carbons (Fsp3) is 0.0625. The van der Waals surface area contributed by atoms with E-state index >= 15 is 0 Å². The molecule has 1 aromatic heterocycles. The fourth-order valence-corrected chi connectivity index (χ4v) is 3.98. The van der Waals surface area contributed by atoms with Gasteiger partial charge in [-0.15, -0.1) is 11.3 Å². The second kappa shape index (κ2) is 8.23. The highest BCUT2D eigenvalue weighted by Crippen LogP contribution is 2.40. The van der Waals surface area contributed by atoms with E-state index in [1.165, 1.54) is 18.3 Å². The number of nitrogens with one attached hydrogen (secondary N) is 3. The zero-order valence-corrected chi connectivity index (χ0v) is 17.8. The molecule has 0 aliphatic heterocycles. The maximum atomic E-state index is 14.6. The molecule has 0 saturated heterocycles. The highest BCUT2D eigenvalue weighted by atomic mass is 127. The standard InChI is InChI=1S/C16H12F3IN4O2S2/c1-21-28(25,26)24-14-9(16-22-4-5-27-16)7-11(18)13(19)15(14)23-12-3-2-8(20)6-10(12)17/h2-7,21,23-24H,1H3. The highest BCUT2D eigenvalue weighted by molar-refractivity contribution is 14.1. The Labute approximate surface area is 176 Å². The lowest BCUT2D eigenvalue weighted by Crippen LogP contribution is -2.27. The SMILES string of the molecule is CNS(=O)(=O)Nc1c(-c2nccs2)cc(F)c(F)c1Nc1ccc(I)cc1F. The van der Waals surface area contributed by atoms with E-state index in [2.05, 4.69) is 15.0 Å². The molecule has 0 bridgehead atoms. The third-order valence-electron chi connectivity index (χ3n) is 3.58. The van der Waals surface area contributed by atoms with E-state index in [0.29, 0.717) is 3.57 Å². The largest absolute Gasteiger partial charge is 0.349 e. The number of nitrogens with zero attached hydrogens (tertiary/aromatic N) is 1. The Morgan fingerprint density at radius 1 is 1.11 bits per heavy atom. The van der Waals surface area contributed by atoms with Crippen molar-refractivity contribution in [2.45, 2.75) is 0 Å². The lowest BCUT2D eigenvalue weighted by Gasteiger charge is -2.18. The molecule has 0 amide bonds. The molecule has 1 heterocycles. The zero-order chi connectivity index (χ0) is 20.5. The number of benzene rings is 2. The van der Waals surface area contributed by atoms with Gasteiger partial charge in [-0.05, 0) is 46.9 Å². The molecule has 148 valence electrons. The molecular formula is C16H12F3IN4O2S2. The summed E-state index contributed by atoms with van der Waals surface area (Å²) < 4.78 is 72.0. The molecule has 0 fully saturated rings. The number of anilines is 3. The summed E-state index contributed by atoms with van der Waals surface area (Å²) in [5.74, 6) is -3.33. The van der Waals surface area contributed by atoms with Crippen LogP contribution in [0.4, 0.5) is 30.2 Å². The van der Waals surface area contributed by atoms with Crippen molar-refractivity contribution in [2.24, 2.45) is 0 Å². The van der Waals surface area contributed by atoms with Crippen molar-refractivity contribution < 1.29 is 21.6 Å². The first-order valence-corrected chi connectivity index (χ1v) is 11.0. The predicted octanol–water partition coefficient (Wildman–Crippen LogP) is 4.45. The topological polar surface area (TPSA) is 83.1 Å². The van der Waals surface area contributed by atoms with E-state index in [9.17, 15) is 21.6 Å². The molecule has 0 unspecified atom stereocenters. The molecule has 0 aliphatic carbocycles. The molecule has 0 spiro atoms. The number of hydrogen-bond donors (Lipinski definition) is 3. The molecule has 0 radical (unpaired) electrons. The average Bonchev–Trinajstić information content (AvgIpc) is 3.17. The second-order valence-electron chi connectivity index (χ2n) is 5.37. The lowest BCUT2D eigenvalue weighted by atomic mass is 10.1. The van der Waals surface area contributed by atoms with Crippen LogP contribution in [-0.2, 0) is 10.2 Å². The van der Waals surface area contributed by atoms with Gasteiger partial charge < -0.3 is 5.32 Å². The molecule has 28 heavy (non-hydrogen) atoms. The quantitative estimate of drug-likeness (QED) is 0.404. The minimum absolute atomic E-state index is 0.00106. The summed E-state index contributed by atoms with van der Waals surface area (Å²) in [4.78, 5) is 4.02. The van der Waals surface area contributed by atoms with E-state index in [1.54, 1.807) is 11.4 Å². The Morgan fingerprint density at radius 2 is 1.86 bits per heavy atom. The van der Waals surface area contributed by atoms with Gasteiger partial charge in [-0.3, -0.25) is 4.72 Å². The molecule has 6 nitrogen and oxygen atoms in total. The predicted molar refractivity (Wildman–Crippen MR) is 111 cm³/mol. The second-order valence-corrected chi connectivity index (χ2v) is 9.13. The smallest absolute Gasteiger partial charge is 0.298 e. The molecule has 0 aliphatic rings. The summed E-state index contributed by atoms with van der Waals surface area (Å²) in [5, 5.41) is 4.30. The maximum Gasteiger partial charge on any atom is 0.298 e. The Kier molecular flexibility index (Phi) is 6.12. The third kappa shape index (κ3) is 4.39. The number of hydrogen-bond acceptors (Lipinski definition) is 5. The molecule has 12 heteroatoms. The van der Waals surface area contributed by atoms with Gasteiger partial charge in [-0.2, -0.15) is 8.42 Å². The van der Waals surface area contributed by atoms with Crippen LogP contribution in [0.3, 0.4) is 0 Å². The van der Waals surface area contributed by atoms with Crippen molar-refractivity contribution in [1.82, 2.24) is 9.71 Å². The molecule has 3 aromatic rings. The van der Waals surface area contributed by atoms with Crippen molar-refractivity contribution in [1.29, 1.82) is 0 Å². The number of thiazole rings is 1. The number of aromatic nitrogens is 1. The Bertz CT molecular complexity index is 1130. The fourth-order valence-electron chi connectivity index (χ4n) is 2.29. The minimum Gasteiger partial charge on any atom is -0.349 e. The zero-order valence-electron chi connectivity index (χ0n) is 14.1. The van der Waals surface area contributed by atoms with Crippen molar-refractivity contribution in [3.63, 3.8) is 0 Å². The lowest BCUT2D eigenvalue weighted by molar-refractivity contribution is 0.512. The summed E-state index contributed by atoms with van der Waals surface area (Å²) in [6.07, 6.45) is 1.43. The van der Waals surface area contributed by atoms with E-state index in [-0.39, 0.29) is 21.9 Å². The van der Waals surface area contributed by atoms with Crippen LogP contribution >= 0.6 is 33.9 Å². The summed E-state index contributed by atoms with van der Waals surface area (Å²) in [6.45, 7) is 0. The van der Waals surface area contributed by atoms with Crippen molar-refractivity contribution in [3.05, 3.63) is 56.9 Å². The van der Waals surface area contributed by atoms with Gasteiger partial charge in [0.25, 0.3) is 10.2 Å². The first kappa shape index (κ1) is 20.8. The van der Waals surface area contributed by atoms with Gasteiger partial charge in [-0.25, -0.2) is 22.9 Å². The molecule has 3 N–H and O–H groups in total. The minimum atomic E-state index is -4.09.